The lowest BCUT2D eigenvalue weighted by Crippen LogP contribution is -2.21. The summed E-state index contributed by atoms with van der Waals surface area (Å²) >= 11 is 0. The molecule has 0 radical (unpaired) electrons. The molecule has 0 bridgehead atoms. The van der Waals surface area contributed by atoms with E-state index in [-0.39, 0.29) is 11.3 Å². The topological polar surface area (TPSA) is 55.3 Å². The van der Waals surface area contributed by atoms with Crippen molar-refractivity contribution in [3.63, 3.8) is 0 Å². The van der Waals surface area contributed by atoms with Crippen LogP contribution in [0.2, 0.25) is 0 Å². The molecule has 1 N–H and O–H groups in total. The minimum absolute atomic E-state index is 0.0594. The van der Waals surface area contributed by atoms with Crippen molar-refractivity contribution in [3.05, 3.63) is 36.9 Å². The molecule has 3 heterocycles. The summed E-state index contributed by atoms with van der Waals surface area (Å²) in [5.74, 6) is 0.221. The lowest BCUT2D eigenvalue weighted by molar-refractivity contribution is 0.355. The fraction of sp³-hybridized carbons (Fsp3) is 0.286. The van der Waals surface area contributed by atoms with E-state index in [1.54, 1.807) is 29.0 Å². The third-order valence-corrected chi connectivity index (χ3v) is 3.09. The van der Waals surface area contributed by atoms with E-state index in [9.17, 15) is 5.11 Å². The van der Waals surface area contributed by atoms with Gasteiger partial charge in [0, 0.05) is 23.5 Å². The lowest BCUT2D eigenvalue weighted by atomic mass is 10.1. The van der Waals surface area contributed by atoms with Crippen molar-refractivity contribution >= 4 is 5.52 Å². The van der Waals surface area contributed by atoms with Gasteiger partial charge in [-0.3, -0.25) is 4.68 Å². The van der Waals surface area contributed by atoms with Crippen LogP contribution in [0.3, 0.4) is 0 Å². The van der Waals surface area contributed by atoms with Crippen LogP contribution in [-0.4, -0.2) is 24.5 Å². The molecule has 0 saturated heterocycles. The summed E-state index contributed by atoms with van der Waals surface area (Å²) in [5.41, 5.74) is 2.50. The molecule has 0 spiro atoms. The second-order valence-electron chi connectivity index (χ2n) is 5.62. The molecule has 0 atom stereocenters. The van der Waals surface area contributed by atoms with Gasteiger partial charge in [-0.25, -0.2) is 4.52 Å². The van der Waals surface area contributed by atoms with Crippen LogP contribution in [0, 0.1) is 0 Å². The van der Waals surface area contributed by atoms with Gasteiger partial charge >= 0.3 is 0 Å². The highest BCUT2D eigenvalue weighted by Gasteiger charge is 2.15. The molecule has 0 unspecified atom stereocenters. The third kappa shape index (κ3) is 1.97. The van der Waals surface area contributed by atoms with E-state index in [1.165, 1.54) is 0 Å². The maximum absolute atomic E-state index is 9.98. The largest absolute Gasteiger partial charge is 0.506 e. The lowest BCUT2D eigenvalue weighted by Gasteiger charge is -2.18. The highest BCUT2D eigenvalue weighted by molar-refractivity contribution is 5.69. The van der Waals surface area contributed by atoms with E-state index in [4.69, 9.17) is 0 Å². The summed E-state index contributed by atoms with van der Waals surface area (Å²) in [6.07, 6.45) is 7.33. The van der Waals surface area contributed by atoms with Crippen LogP contribution in [0.5, 0.6) is 5.75 Å². The molecule has 3 aromatic heterocycles. The SMILES string of the molecule is CC(C)(C)n1cc(-c2cc(O)c3ccnn3c2)cn1. The van der Waals surface area contributed by atoms with Crippen LogP contribution in [0.25, 0.3) is 16.6 Å². The van der Waals surface area contributed by atoms with Crippen molar-refractivity contribution in [2.45, 2.75) is 26.3 Å². The zero-order valence-corrected chi connectivity index (χ0v) is 11.2. The Bertz CT molecular complexity index is 733. The predicted molar refractivity (Wildman–Crippen MR) is 73.1 cm³/mol. The first-order valence-corrected chi connectivity index (χ1v) is 6.17. The van der Waals surface area contributed by atoms with Crippen LogP contribution >= 0.6 is 0 Å². The number of aromatic hydroxyl groups is 1. The standard InChI is InChI=1S/C14H16N4O/c1-14(2,3)18-9-11(7-16-18)10-6-13(19)12-4-5-15-17(12)8-10/h4-9,19H,1-3H3. The van der Waals surface area contributed by atoms with Gasteiger partial charge in [-0.2, -0.15) is 10.2 Å². The molecule has 5 nitrogen and oxygen atoms in total. The van der Waals surface area contributed by atoms with E-state index in [0.717, 1.165) is 11.1 Å². The van der Waals surface area contributed by atoms with Gasteiger partial charge < -0.3 is 5.11 Å². The Labute approximate surface area is 111 Å². The molecule has 3 rings (SSSR count). The van der Waals surface area contributed by atoms with Crippen LogP contribution in [0.15, 0.2) is 36.9 Å². The molecule has 0 aliphatic rings. The zero-order chi connectivity index (χ0) is 13.6. The number of hydrogen-bond donors (Lipinski definition) is 1. The Kier molecular flexibility index (Phi) is 2.38. The Morgan fingerprint density at radius 1 is 1.11 bits per heavy atom. The number of aromatic nitrogens is 4. The Morgan fingerprint density at radius 3 is 2.58 bits per heavy atom. The van der Waals surface area contributed by atoms with Gasteiger partial charge in [0.15, 0.2) is 0 Å². The normalized spacial score (nSPS) is 12.2. The molecular weight excluding hydrogens is 240 g/mol. The monoisotopic (exact) mass is 256 g/mol. The van der Waals surface area contributed by atoms with Gasteiger partial charge in [0.05, 0.1) is 17.9 Å². The smallest absolute Gasteiger partial charge is 0.141 e. The van der Waals surface area contributed by atoms with E-state index in [2.05, 4.69) is 31.0 Å². The van der Waals surface area contributed by atoms with E-state index >= 15 is 0 Å². The average molecular weight is 256 g/mol. The minimum Gasteiger partial charge on any atom is -0.506 e. The Balaban J connectivity index is 2.11. The van der Waals surface area contributed by atoms with Gasteiger partial charge in [-0.15, -0.1) is 0 Å². The summed E-state index contributed by atoms with van der Waals surface area (Å²) in [6, 6.07) is 3.51. The van der Waals surface area contributed by atoms with Gasteiger partial charge in [0.1, 0.15) is 11.3 Å². The first-order chi connectivity index (χ1) is 8.95. The number of fused-ring (bicyclic) bond motifs is 1. The van der Waals surface area contributed by atoms with Crippen molar-refractivity contribution < 1.29 is 5.11 Å². The quantitative estimate of drug-likeness (QED) is 0.728. The van der Waals surface area contributed by atoms with Crippen LogP contribution in [0.4, 0.5) is 0 Å². The molecule has 0 aromatic carbocycles. The molecule has 0 amide bonds. The number of rotatable bonds is 1. The first kappa shape index (κ1) is 11.8. The Hall–Kier alpha value is -2.30. The van der Waals surface area contributed by atoms with Crippen molar-refractivity contribution in [2.75, 3.05) is 0 Å². The Morgan fingerprint density at radius 2 is 1.89 bits per heavy atom. The van der Waals surface area contributed by atoms with E-state index < -0.39 is 0 Å². The second-order valence-corrected chi connectivity index (χ2v) is 5.62. The molecular formula is C14H16N4O. The fourth-order valence-corrected chi connectivity index (χ4v) is 2.01. The van der Waals surface area contributed by atoms with Crippen molar-refractivity contribution in [3.8, 4) is 16.9 Å². The maximum Gasteiger partial charge on any atom is 0.141 e. The van der Waals surface area contributed by atoms with Gasteiger partial charge in [0.2, 0.25) is 0 Å². The summed E-state index contributed by atoms with van der Waals surface area (Å²) in [4.78, 5) is 0. The van der Waals surface area contributed by atoms with Crippen LogP contribution in [-0.2, 0) is 5.54 Å². The molecule has 3 aromatic rings. The minimum atomic E-state index is -0.0594. The summed E-state index contributed by atoms with van der Waals surface area (Å²) in [7, 11) is 0. The number of hydrogen-bond acceptors (Lipinski definition) is 3. The van der Waals surface area contributed by atoms with Crippen molar-refractivity contribution in [2.24, 2.45) is 0 Å². The van der Waals surface area contributed by atoms with Gasteiger partial charge in [0.25, 0.3) is 0 Å². The number of pyridine rings is 1. The van der Waals surface area contributed by atoms with E-state index in [1.807, 2.05) is 17.1 Å². The van der Waals surface area contributed by atoms with Crippen LogP contribution in [0.1, 0.15) is 20.8 Å². The third-order valence-electron chi connectivity index (χ3n) is 3.09. The average Bonchev–Trinajstić information content (AvgIpc) is 2.96. The van der Waals surface area contributed by atoms with E-state index in [0.29, 0.717) is 5.52 Å². The van der Waals surface area contributed by atoms with Crippen molar-refractivity contribution in [1.82, 2.24) is 19.4 Å². The summed E-state index contributed by atoms with van der Waals surface area (Å²) < 4.78 is 3.58. The van der Waals surface area contributed by atoms with Gasteiger partial charge in [-0.1, -0.05) is 0 Å². The summed E-state index contributed by atoms with van der Waals surface area (Å²) in [6.45, 7) is 6.29. The van der Waals surface area contributed by atoms with Crippen LogP contribution < -0.4 is 0 Å². The molecule has 0 saturated carbocycles. The first-order valence-electron chi connectivity index (χ1n) is 6.17. The molecule has 0 aliphatic carbocycles. The van der Waals surface area contributed by atoms with Crippen molar-refractivity contribution in [1.29, 1.82) is 0 Å². The molecule has 5 heteroatoms. The molecule has 19 heavy (non-hydrogen) atoms. The maximum atomic E-state index is 9.98. The highest BCUT2D eigenvalue weighted by Crippen LogP contribution is 2.27. The second kappa shape index (κ2) is 3.85. The molecule has 0 fully saturated rings. The predicted octanol–water partition coefficient (Wildman–Crippen LogP) is 2.66. The zero-order valence-electron chi connectivity index (χ0n) is 11.2. The molecule has 0 aliphatic heterocycles. The van der Waals surface area contributed by atoms with Gasteiger partial charge in [-0.05, 0) is 32.9 Å². The summed E-state index contributed by atoms with van der Waals surface area (Å²) in [5, 5.41) is 18.5. The molecule has 98 valence electrons. The fourth-order valence-electron chi connectivity index (χ4n) is 2.01. The highest BCUT2D eigenvalue weighted by atomic mass is 16.3. The number of nitrogens with zero attached hydrogens (tertiary/aromatic N) is 4.